The summed E-state index contributed by atoms with van der Waals surface area (Å²) < 4.78 is 0. The zero-order chi connectivity index (χ0) is 12.3. The summed E-state index contributed by atoms with van der Waals surface area (Å²) in [6.07, 6.45) is 8.33. The summed E-state index contributed by atoms with van der Waals surface area (Å²) >= 11 is 0. The van der Waals surface area contributed by atoms with Crippen LogP contribution in [0.1, 0.15) is 59.3 Å². The molecular formula is C15H30N2. The van der Waals surface area contributed by atoms with Crippen LogP contribution >= 0.6 is 0 Å². The van der Waals surface area contributed by atoms with Gasteiger partial charge in [0, 0.05) is 24.7 Å². The van der Waals surface area contributed by atoms with E-state index in [1.807, 2.05) is 0 Å². The van der Waals surface area contributed by atoms with Crippen molar-refractivity contribution in [3.8, 4) is 0 Å². The number of nitrogens with zero attached hydrogens (tertiary/aromatic N) is 1. The van der Waals surface area contributed by atoms with Gasteiger partial charge in [-0.3, -0.25) is 4.90 Å². The van der Waals surface area contributed by atoms with Gasteiger partial charge in [-0.2, -0.15) is 0 Å². The van der Waals surface area contributed by atoms with Gasteiger partial charge in [0.2, 0.25) is 0 Å². The van der Waals surface area contributed by atoms with E-state index in [2.05, 4.69) is 31.0 Å². The zero-order valence-electron chi connectivity index (χ0n) is 11.9. The fourth-order valence-corrected chi connectivity index (χ4v) is 3.33. The highest BCUT2D eigenvalue weighted by molar-refractivity contribution is 4.93. The molecule has 1 N–H and O–H groups in total. The van der Waals surface area contributed by atoms with Crippen LogP contribution in [0.25, 0.3) is 0 Å². The standard InChI is InChI=1S/C15H30N2/c1-4-10-16-15(13-7-8-13)11-17-12(3)6-9-14(17)5-2/h12-16H,4-11H2,1-3H3. The summed E-state index contributed by atoms with van der Waals surface area (Å²) in [5.41, 5.74) is 0. The third kappa shape index (κ3) is 3.45. The van der Waals surface area contributed by atoms with Crippen LogP contribution in [0.15, 0.2) is 0 Å². The first-order valence-corrected chi connectivity index (χ1v) is 7.75. The first-order valence-electron chi connectivity index (χ1n) is 7.75. The molecule has 0 spiro atoms. The van der Waals surface area contributed by atoms with Crippen LogP contribution in [0.5, 0.6) is 0 Å². The summed E-state index contributed by atoms with van der Waals surface area (Å²) in [6, 6.07) is 2.43. The lowest BCUT2D eigenvalue weighted by atomic mass is 10.1. The minimum atomic E-state index is 0.768. The van der Waals surface area contributed by atoms with Gasteiger partial charge in [0.1, 0.15) is 0 Å². The fraction of sp³-hybridized carbons (Fsp3) is 1.00. The quantitative estimate of drug-likeness (QED) is 0.733. The Morgan fingerprint density at radius 3 is 2.53 bits per heavy atom. The molecule has 100 valence electrons. The average Bonchev–Trinajstić information content (AvgIpc) is 3.11. The SMILES string of the molecule is CCCNC(CN1C(C)CCC1CC)C1CC1. The minimum Gasteiger partial charge on any atom is -0.312 e. The van der Waals surface area contributed by atoms with E-state index >= 15 is 0 Å². The fourth-order valence-electron chi connectivity index (χ4n) is 3.33. The summed E-state index contributed by atoms with van der Waals surface area (Å²) in [5, 5.41) is 3.78. The molecule has 0 radical (unpaired) electrons. The second-order valence-corrected chi connectivity index (χ2v) is 6.08. The van der Waals surface area contributed by atoms with E-state index in [-0.39, 0.29) is 0 Å². The third-order valence-corrected chi connectivity index (χ3v) is 4.68. The van der Waals surface area contributed by atoms with Crippen molar-refractivity contribution in [2.75, 3.05) is 13.1 Å². The van der Waals surface area contributed by atoms with Crippen LogP contribution in [-0.2, 0) is 0 Å². The normalized spacial score (nSPS) is 31.9. The molecule has 0 aromatic rings. The van der Waals surface area contributed by atoms with E-state index in [0.29, 0.717) is 0 Å². The first-order chi connectivity index (χ1) is 8.26. The Morgan fingerprint density at radius 1 is 1.18 bits per heavy atom. The lowest BCUT2D eigenvalue weighted by Crippen LogP contribution is -2.46. The Kier molecular flexibility index (Phi) is 4.87. The molecule has 2 aliphatic rings. The Hall–Kier alpha value is -0.0800. The molecule has 17 heavy (non-hydrogen) atoms. The van der Waals surface area contributed by atoms with Crippen molar-refractivity contribution >= 4 is 0 Å². The molecule has 1 heterocycles. The monoisotopic (exact) mass is 238 g/mol. The van der Waals surface area contributed by atoms with E-state index < -0.39 is 0 Å². The molecule has 3 unspecified atom stereocenters. The number of likely N-dealkylation sites (tertiary alicyclic amines) is 1. The molecule has 0 amide bonds. The first kappa shape index (κ1) is 13.4. The molecular weight excluding hydrogens is 208 g/mol. The molecule has 2 rings (SSSR count). The van der Waals surface area contributed by atoms with Crippen LogP contribution in [0.2, 0.25) is 0 Å². The van der Waals surface area contributed by atoms with Crippen molar-refractivity contribution in [3.05, 3.63) is 0 Å². The Labute approximate surface area is 107 Å². The van der Waals surface area contributed by atoms with Crippen LogP contribution in [0.4, 0.5) is 0 Å². The molecule has 2 nitrogen and oxygen atoms in total. The summed E-state index contributed by atoms with van der Waals surface area (Å²) in [6.45, 7) is 9.52. The van der Waals surface area contributed by atoms with E-state index in [1.54, 1.807) is 0 Å². The lowest BCUT2D eigenvalue weighted by molar-refractivity contribution is 0.169. The van der Waals surface area contributed by atoms with Gasteiger partial charge in [0.25, 0.3) is 0 Å². The van der Waals surface area contributed by atoms with Crippen molar-refractivity contribution < 1.29 is 0 Å². The Morgan fingerprint density at radius 2 is 1.94 bits per heavy atom. The average molecular weight is 238 g/mol. The lowest BCUT2D eigenvalue weighted by Gasteiger charge is -2.32. The number of nitrogens with one attached hydrogen (secondary N) is 1. The molecule has 0 bridgehead atoms. The highest BCUT2D eigenvalue weighted by Crippen LogP contribution is 2.35. The number of hydrogen-bond acceptors (Lipinski definition) is 2. The second-order valence-electron chi connectivity index (χ2n) is 6.08. The van der Waals surface area contributed by atoms with Gasteiger partial charge in [0.15, 0.2) is 0 Å². The Balaban J connectivity index is 1.86. The van der Waals surface area contributed by atoms with E-state index in [1.165, 1.54) is 51.6 Å². The number of rotatable bonds is 7. The molecule has 2 fully saturated rings. The topological polar surface area (TPSA) is 15.3 Å². The smallest absolute Gasteiger partial charge is 0.0223 e. The van der Waals surface area contributed by atoms with Gasteiger partial charge in [0.05, 0.1) is 0 Å². The molecule has 3 atom stereocenters. The van der Waals surface area contributed by atoms with Crippen molar-refractivity contribution in [3.63, 3.8) is 0 Å². The van der Waals surface area contributed by atoms with E-state index in [4.69, 9.17) is 0 Å². The largest absolute Gasteiger partial charge is 0.312 e. The predicted molar refractivity (Wildman–Crippen MR) is 74.3 cm³/mol. The maximum Gasteiger partial charge on any atom is 0.0223 e. The van der Waals surface area contributed by atoms with Crippen LogP contribution < -0.4 is 5.32 Å². The van der Waals surface area contributed by atoms with Gasteiger partial charge < -0.3 is 5.32 Å². The molecule has 1 aliphatic heterocycles. The van der Waals surface area contributed by atoms with E-state index in [9.17, 15) is 0 Å². The maximum atomic E-state index is 3.78. The molecule has 2 heteroatoms. The Bertz CT molecular complexity index is 225. The van der Waals surface area contributed by atoms with Crippen molar-refractivity contribution in [1.82, 2.24) is 10.2 Å². The van der Waals surface area contributed by atoms with E-state index in [0.717, 1.165) is 24.0 Å². The molecule has 0 aromatic carbocycles. The van der Waals surface area contributed by atoms with Gasteiger partial charge in [-0.15, -0.1) is 0 Å². The van der Waals surface area contributed by atoms with Crippen LogP contribution in [0, 0.1) is 5.92 Å². The van der Waals surface area contributed by atoms with Gasteiger partial charge >= 0.3 is 0 Å². The summed E-state index contributed by atoms with van der Waals surface area (Å²) in [4.78, 5) is 2.78. The predicted octanol–water partition coefficient (Wildman–Crippen LogP) is 3.03. The van der Waals surface area contributed by atoms with Crippen molar-refractivity contribution in [1.29, 1.82) is 0 Å². The summed E-state index contributed by atoms with van der Waals surface area (Å²) in [5.74, 6) is 0.979. The van der Waals surface area contributed by atoms with Crippen molar-refractivity contribution in [2.24, 2.45) is 5.92 Å². The zero-order valence-corrected chi connectivity index (χ0v) is 11.9. The van der Waals surface area contributed by atoms with Gasteiger partial charge in [-0.1, -0.05) is 13.8 Å². The third-order valence-electron chi connectivity index (χ3n) is 4.68. The molecule has 1 saturated carbocycles. The van der Waals surface area contributed by atoms with Gasteiger partial charge in [-0.25, -0.2) is 0 Å². The second kappa shape index (κ2) is 6.19. The molecule has 1 aliphatic carbocycles. The highest BCUT2D eigenvalue weighted by atomic mass is 15.2. The number of hydrogen-bond donors (Lipinski definition) is 1. The van der Waals surface area contributed by atoms with Gasteiger partial charge in [-0.05, 0) is 57.9 Å². The van der Waals surface area contributed by atoms with Crippen molar-refractivity contribution in [2.45, 2.75) is 77.4 Å². The summed E-state index contributed by atoms with van der Waals surface area (Å²) in [7, 11) is 0. The van der Waals surface area contributed by atoms with Crippen LogP contribution in [-0.4, -0.2) is 36.1 Å². The molecule has 0 aromatic heterocycles. The molecule has 1 saturated heterocycles. The highest BCUT2D eigenvalue weighted by Gasteiger charge is 2.36. The maximum absolute atomic E-state index is 3.78. The van der Waals surface area contributed by atoms with Crippen LogP contribution in [0.3, 0.4) is 0 Å². The minimum absolute atomic E-state index is 0.768.